The number of hydrogen-bond acceptors (Lipinski definition) is 1. The van der Waals surface area contributed by atoms with Crippen molar-refractivity contribution in [1.29, 1.82) is 0 Å². The highest BCUT2D eigenvalue weighted by molar-refractivity contribution is 4.81. The Kier molecular flexibility index (Phi) is 3.38. The zero-order valence-corrected chi connectivity index (χ0v) is 8.06. The van der Waals surface area contributed by atoms with Gasteiger partial charge in [0.1, 0.15) is 0 Å². The Morgan fingerprint density at radius 3 is 2.27 bits per heavy atom. The molecule has 0 radical (unpaired) electrons. The molecule has 0 aromatic rings. The van der Waals surface area contributed by atoms with Gasteiger partial charge in [0.05, 0.1) is 0 Å². The summed E-state index contributed by atoms with van der Waals surface area (Å²) in [4.78, 5) is 0. The summed E-state index contributed by atoms with van der Waals surface area (Å²) in [6.07, 6.45) is 2.79. The largest absolute Gasteiger partial charge is 0.316 e. The van der Waals surface area contributed by atoms with E-state index in [1.54, 1.807) is 0 Å². The molecule has 1 heteroatoms. The van der Waals surface area contributed by atoms with Crippen molar-refractivity contribution in [3.05, 3.63) is 0 Å². The molecule has 0 aromatic heterocycles. The minimum atomic E-state index is 0.876. The van der Waals surface area contributed by atoms with Crippen LogP contribution in [0.2, 0.25) is 0 Å². The molecule has 1 nitrogen and oxygen atoms in total. The van der Waals surface area contributed by atoms with Crippen LogP contribution in [0.3, 0.4) is 0 Å². The van der Waals surface area contributed by atoms with Gasteiger partial charge in [0.2, 0.25) is 0 Å². The Labute approximate surface area is 70.6 Å². The molecule has 1 rings (SSSR count). The lowest BCUT2D eigenvalue weighted by Crippen LogP contribution is -2.46. The van der Waals surface area contributed by atoms with Crippen LogP contribution >= 0.6 is 0 Å². The average molecular weight is 155 g/mol. The quantitative estimate of drug-likeness (QED) is 0.656. The molecule has 0 bridgehead atoms. The highest BCUT2D eigenvalue weighted by atomic mass is 14.9. The molecule has 1 atom stereocenters. The third kappa shape index (κ3) is 2.48. The summed E-state index contributed by atoms with van der Waals surface area (Å²) in [6.45, 7) is 9.52. The van der Waals surface area contributed by atoms with E-state index in [0.29, 0.717) is 0 Å². The van der Waals surface area contributed by atoms with Crippen molar-refractivity contribution in [2.75, 3.05) is 13.1 Å². The van der Waals surface area contributed by atoms with Gasteiger partial charge >= 0.3 is 0 Å². The second-order valence-electron chi connectivity index (χ2n) is 4.22. The lowest BCUT2D eigenvalue weighted by molar-refractivity contribution is 0.199. The first kappa shape index (κ1) is 9.05. The molecule has 0 amide bonds. The van der Waals surface area contributed by atoms with E-state index in [4.69, 9.17) is 0 Å². The third-order valence-electron chi connectivity index (χ3n) is 2.78. The van der Waals surface area contributed by atoms with Gasteiger partial charge in [0.15, 0.2) is 0 Å². The third-order valence-corrected chi connectivity index (χ3v) is 2.78. The molecular weight excluding hydrogens is 134 g/mol. The van der Waals surface area contributed by atoms with Gasteiger partial charge in [-0.3, -0.25) is 0 Å². The van der Waals surface area contributed by atoms with E-state index >= 15 is 0 Å². The predicted molar refractivity (Wildman–Crippen MR) is 49.6 cm³/mol. The molecule has 1 unspecified atom stereocenters. The molecule has 1 aliphatic rings. The number of nitrogens with one attached hydrogen (secondary N) is 1. The van der Waals surface area contributed by atoms with Crippen LogP contribution in [0.1, 0.15) is 33.6 Å². The summed E-state index contributed by atoms with van der Waals surface area (Å²) in [5, 5.41) is 3.35. The molecule has 0 aromatic carbocycles. The second kappa shape index (κ2) is 4.10. The average Bonchev–Trinajstić information content (AvgIpc) is 1.81. The standard InChI is InChI=1S/C10H21N/c1-4-9(5-8(2)3)10-6-11-7-10/h8-11H,4-7H2,1-3H3. The topological polar surface area (TPSA) is 12.0 Å². The second-order valence-corrected chi connectivity index (χ2v) is 4.22. The first-order valence-corrected chi connectivity index (χ1v) is 4.94. The van der Waals surface area contributed by atoms with Gasteiger partial charge in [0, 0.05) is 0 Å². The smallest absolute Gasteiger partial charge is 0.000559 e. The zero-order valence-electron chi connectivity index (χ0n) is 8.06. The van der Waals surface area contributed by atoms with Crippen LogP contribution in [-0.2, 0) is 0 Å². The molecule has 0 aliphatic carbocycles. The van der Waals surface area contributed by atoms with Crippen LogP contribution in [-0.4, -0.2) is 13.1 Å². The van der Waals surface area contributed by atoms with Gasteiger partial charge in [-0.05, 0) is 37.3 Å². The minimum Gasteiger partial charge on any atom is -0.316 e. The summed E-state index contributed by atoms with van der Waals surface area (Å²) in [5.41, 5.74) is 0. The molecule has 0 spiro atoms. The van der Waals surface area contributed by atoms with Crippen molar-refractivity contribution in [2.24, 2.45) is 17.8 Å². The number of hydrogen-bond donors (Lipinski definition) is 1. The highest BCUT2D eigenvalue weighted by Gasteiger charge is 2.25. The molecule has 11 heavy (non-hydrogen) atoms. The van der Waals surface area contributed by atoms with Gasteiger partial charge < -0.3 is 5.32 Å². The van der Waals surface area contributed by atoms with E-state index in [2.05, 4.69) is 26.1 Å². The maximum atomic E-state index is 3.35. The Hall–Kier alpha value is -0.0400. The molecule has 1 saturated heterocycles. The van der Waals surface area contributed by atoms with Crippen molar-refractivity contribution in [3.63, 3.8) is 0 Å². The summed E-state index contributed by atoms with van der Waals surface area (Å²) in [5.74, 6) is 2.85. The van der Waals surface area contributed by atoms with Gasteiger partial charge in [-0.15, -0.1) is 0 Å². The van der Waals surface area contributed by atoms with Gasteiger partial charge in [-0.25, -0.2) is 0 Å². The monoisotopic (exact) mass is 155 g/mol. The maximum Gasteiger partial charge on any atom is -0.000559 e. The van der Waals surface area contributed by atoms with E-state index in [1.807, 2.05) is 0 Å². The SMILES string of the molecule is CCC(CC(C)C)C1CNC1. The molecule has 0 saturated carbocycles. The normalized spacial score (nSPS) is 21.8. The fraction of sp³-hybridized carbons (Fsp3) is 1.00. The van der Waals surface area contributed by atoms with Crippen LogP contribution in [0, 0.1) is 17.8 Å². The predicted octanol–water partition coefficient (Wildman–Crippen LogP) is 2.28. The minimum absolute atomic E-state index is 0.876. The summed E-state index contributed by atoms with van der Waals surface area (Å²) < 4.78 is 0. The Bertz CT molecular complexity index is 105. The van der Waals surface area contributed by atoms with E-state index in [1.165, 1.54) is 25.9 Å². The highest BCUT2D eigenvalue weighted by Crippen LogP contribution is 2.26. The van der Waals surface area contributed by atoms with Crippen molar-refractivity contribution >= 4 is 0 Å². The van der Waals surface area contributed by atoms with Gasteiger partial charge in [-0.1, -0.05) is 27.2 Å². The first-order chi connectivity index (χ1) is 5.24. The number of rotatable bonds is 4. The zero-order chi connectivity index (χ0) is 8.27. The molecule has 1 heterocycles. The Balaban J connectivity index is 2.23. The van der Waals surface area contributed by atoms with Gasteiger partial charge in [-0.2, -0.15) is 0 Å². The van der Waals surface area contributed by atoms with Crippen LogP contribution in [0.15, 0.2) is 0 Å². The summed E-state index contributed by atoms with van der Waals surface area (Å²) in [7, 11) is 0. The van der Waals surface area contributed by atoms with Crippen molar-refractivity contribution in [3.8, 4) is 0 Å². The molecule has 66 valence electrons. The Morgan fingerprint density at radius 2 is 2.00 bits per heavy atom. The van der Waals surface area contributed by atoms with E-state index in [0.717, 1.165) is 17.8 Å². The molecule has 1 fully saturated rings. The summed E-state index contributed by atoms with van der Waals surface area (Å²) >= 11 is 0. The van der Waals surface area contributed by atoms with Crippen molar-refractivity contribution in [1.82, 2.24) is 5.32 Å². The lowest BCUT2D eigenvalue weighted by atomic mass is 9.80. The molecule has 1 N–H and O–H groups in total. The molecular formula is C10H21N. The van der Waals surface area contributed by atoms with Crippen LogP contribution in [0.4, 0.5) is 0 Å². The summed E-state index contributed by atoms with van der Waals surface area (Å²) in [6, 6.07) is 0. The van der Waals surface area contributed by atoms with E-state index in [-0.39, 0.29) is 0 Å². The fourth-order valence-corrected chi connectivity index (χ4v) is 1.94. The maximum absolute atomic E-state index is 3.35. The van der Waals surface area contributed by atoms with Crippen molar-refractivity contribution in [2.45, 2.75) is 33.6 Å². The van der Waals surface area contributed by atoms with E-state index < -0.39 is 0 Å². The van der Waals surface area contributed by atoms with Gasteiger partial charge in [0.25, 0.3) is 0 Å². The Morgan fingerprint density at radius 1 is 1.36 bits per heavy atom. The lowest BCUT2D eigenvalue weighted by Gasteiger charge is -2.35. The van der Waals surface area contributed by atoms with Crippen molar-refractivity contribution < 1.29 is 0 Å². The fourth-order valence-electron chi connectivity index (χ4n) is 1.94. The van der Waals surface area contributed by atoms with Crippen LogP contribution in [0.25, 0.3) is 0 Å². The molecule has 1 aliphatic heterocycles. The first-order valence-electron chi connectivity index (χ1n) is 4.94. The van der Waals surface area contributed by atoms with E-state index in [9.17, 15) is 0 Å². The van der Waals surface area contributed by atoms with Crippen LogP contribution in [0.5, 0.6) is 0 Å². The van der Waals surface area contributed by atoms with Crippen LogP contribution < -0.4 is 5.32 Å².